The Balaban J connectivity index is 3.53. The van der Waals surface area contributed by atoms with Gasteiger partial charge in [0.15, 0.2) is 0 Å². The van der Waals surface area contributed by atoms with Crippen LogP contribution in [0.4, 0.5) is 0 Å². The molecule has 0 aliphatic carbocycles. The lowest BCUT2D eigenvalue weighted by Gasteiger charge is -2.24. The summed E-state index contributed by atoms with van der Waals surface area (Å²) < 4.78 is 5.33. The van der Waals surface area contributed by atoms with Crippen LogP contribution in [0.1, 0.15) is 40.5 Å². The summed E-state index contributed by atoms with van der Waals surface area (Å²) in [7, 11) is 0. The van der Waals surface area contributed by atoms with Crippen molar-refractivity contribution in [2.24, 2.45) is 5.92 Å². The van der Waals surface area contributed by atoms with Crippen LogP contribution in [0, 0.1) is 5.92 Å². The molecule has 4 nitrogen and oxygen atoms in total. The van der Waals surface area contributed by atoms with E-state index in [9.17, 15) is 10.2 Å². The topological polar surface area (TPSA) is 61.7 Å². The standard InChI is InChI=1S/C13H29NO3/c1-5-6-13(4,16)10-14-7-12(15)9-17-8-11(2)3/h11-12,14-16H,5-10H2,1-4H3. The highest BCUT2D eigenvalue weighted by Crippen LogP contribution is 2.09. The Morgan fingerprint density at radius 3 is 2.47 bits per heavy atom. The van der Waals surface area contributed by atoms with Crippen LogP contribution in [-0.4, -0.2) is 48.2 Å². The maximum atomic E-state index is 9.90. The van der Waals surface area contributed by atoms with E-state index >= 15 is 0 Å². The summed E-state index contributed by atoms with van der Waals surface area (Å²) in [5.74, 6) is 0.487. The summed E-state index contributed by atoms with van der Waals surface area (Å²) >= 11 is 0. The third kappa shape index (κ3) is 10.7. The molecule has 0 spiro atoms. The van der Waals surface area contributed by atoms with Crippen molar-refractivity contribution < 1.29 is 14.9 Å². The van der Waals surface area contributed by atoms with E-state index in [0.717, 1.165) is 12.8 Å². The molecule has 3 N–H and O–H groups in total. The average Bonchev–Trinajstić information content (AvgIpc) is 2.16. The molecule has 0 aromatic heterocycles. The monoisotopic (exact) mass is 247 g/mol. The Morgan fingerprint density at radius 1 is 1.29 bits per heavy atom. The third-order valence-electron chi connectivity index (χ3n) is 2.44. The Morgan fingerprint density at radius 2 is 1.94 bits per heavy atom. The normalized spacial score (nSPS) is 17.1. The molecule has 17 heavy (non-hydrogen) atoms. The Kier molecular flexibility index (Phi) is 8.78. The van der Waals surface area contributed by atoms with Crippen LogP contribution >= 0.6 is 0 Å². The van der Waals surface area contributed by atoms with Crippen molar-refractivity contribution in [1.29, 1.82) is 0 Å². The molecule has 0 aromatic rings. The largest absolute Gasteiger partial charge is 0.389 e. The van der Waals surface area contributed by atoms with Crippen molar-refractivity contribution in [2.45, 2.75) is 52.2 Å². The van der Waals surface area contributed by atoms with E-state index in [4.69, 9.17) is 4.74 Å². The number of ether oxygens (including phenoxy) is 1. The minimum atomic E-state index is -0.687. The van der Waals surface area contributed by atoms with Gasteiger partial charge in [-0.1, -0.05) is 27.2 Å². The van der Waals surface area contributed by atoms with E-state index in [1.165, 1.54) is 0 Å². The summed E-state index contributed by atoms with van der Waals surface area (Å²) in [4.78, 5) is 0. The van der Waals surface area contributed by atoms with Gasteiger partial charge >= 0.3 is 0 Å². The molecular weight excluding hydrogens is 218 g/mol. The summed E-state index contributed by atoms with van der Waals surface area (Å²) in [5.41, 5.74) is -0.687. The second-order valence-corrected chi connectivity index (χ2v) is 5.46. The van der Waals surface area contributed by atoms with E-state index in [1.54, 1.807) is 0 Å². The maximum Gasteiger partial charge on any atom is 0.0897 e. The second kappa shape index (κ2) is 8.86. The van der Waals surface area contributed by atoms with Crippen LogP contribution < -0.4 is 5.32 Å². The molecule has 2 atom stereocenters. The molecule has 0 saturated carbocycles. The van der Waals surface area contributed by atoms with E-state index in [0.29, 0.717) is 32.2 Å². The minimum absolute atomic E-state index is 0.348. The van der Waals surface area contributed by atoms with Crippen LogP contribution in [0.2, 0.25) is 0 Å². The van der Waals surface area contributed by atoms with Gasteiger partial charge in [-0.15, -0.1) is 0 Å². The van der Waals surface area contributed by atoms with Gasteiger partial charge in [0, 0.05) is 19.7 Å². The summed E-state index contributed by atoms with van der Waals surface area (Å²) in [6, 6.07) is 0. The Bertz CT molecular complexity index is 184. The quantitative estimate of drug-likeness (QED) is 0.542. The zero-order valence-electron chi connectivity index (χ0n) is 11.7. The van der Waals surface area contributed by atoms with E-state index < -0.39 is 11.7 Å². The van der Waals surface area contributed by atoms with Gasteiger partial charge in [0.2, 0.25) is 0 Å². The molecule has 0 aliphatic rings. The summed E-state index contributed by atoms with van der Waals surface area (Å²) in [6.07, 6.45) is 1.21. The van der Waals surface area contributed by atoms with Crippen molar-refractivity contribution in [1.82, 2.24) is 5.32 Å². The lowest BCUT2D eigenvalue weighted by Crippen LogP contribution is -2.41. The molecule has 0 rings (SSSR count). The highest BCUT2D eigenvalue weighted by atomic mass is 16.5. The molecular formula is C13H29NO3. The van der Waals surface area contributed by atoms with E-state index in [-0.39, 0.29) is 0 Å². The zero-order chi connectivity index (χ0) is 13.3. The molecule has 0 aliphatic heterocycles. The predicted molar refractivity (Wildman–Crippen MR) is 70.1 cm³/mol. The van der Waals surface area contributed by atoms with Crippen LogP contribution in [0.25, 0.3) is 0 Å². The van der Waals surface area contributed by atoms with Gasteiger partial charge in [-0.05, 0) is 19.3 Å². The molecule has 2 unspecified atom stereocenters. The first kappa shape index (κ1) is 16.8. The van der Waals surface area contributed by atoms with Gasteiger partial charge in [0.25, 0.3) is 0 Å². The lowest BCUT2D eigenvalue weighted by atomic mass is 10.0. The van der Waals surface area contributed by atoms with Gasteiger partial charge in [-0.25, -0.2) is 0 Å². The van der Waals surface area contributed by atoms with Gasteiger partial charge < -0.3 is 20.3 Å². The van der Waals surface area contributed by atoms with Crippen molar-refractivity contribution in [3.63, 3.8) is 0 Å². The minimum Gasteiger partial charge on any atom is -0.389 e. The average molecular weight is 247 g/mol. The number of nitrogens with one attached hydrogen (secondary N) is 1. The fraction of sp³-hybridized carbons (Fsp3) is 1.00. The van der Waals surface area contributed by atoms with Crippen LogP contribution in [0.5, 0.6) is 0 Å². The SMILES string of the molecule is CCCC(C)(O)CNCC(O)COCC(C)C. The molecule has 0 bridgehead atoms. The van der Waals surface area contributed by atoms with Crippen LogP contribution in [0.15, 0.2) is 0 Å². The van der Waals surface area contributed by atoms with Gasteiger partial charge in [-0.2, -0.15) is 0 Å². The van der Waals surface area contributed by atoms with Crippen molar-refractivity contribution >= 4 is 0 Å². The first-order valence-electron chi connectivity index (χ1n) is 6.56. The number of aliphatic hydroxyl groups is 2. The molecule has 104 valence electrons. The Labute approximate surface area is 105 Å². The molecule has 0 amide bonds. The van der Waals surface area contributed by atoms with Gasteiger partial charge in [0.1, 0.15) is 0 Å². The Hall–Kier alpha value is -0.160. The van der Waals surface area contributed by atoms with Gasteiger partial charge in [-0.3, -0.25) is 0 Å². The van der Waals surface area contributed by atoms with Crippen LogP contribution in [-0.2, 0) is 4.74 Å². The number of rotatable bonds is 10. The predicted octanol–water partition coefficient (Wildman–Crippen LogP) is 1.16. The fourth-order valence-electron chi connectivity index (χ4n) is 1.63. The first-order valence-corrected chi connectivity index (χ1v) is 6.56. The van der Waals surface area contributed by atoms with Crippen LogP contribution in [0.3, 0.4) is 0 Å². The lowest BCUT2D eigenvalue weighted by molar-refractivity contribution is 0.0171. The third-order valence-corrected chi connectivity index (χ3v) is 2.44. The summed E-state index contributed by atoms with van der Waals surface area (Å²) in [5, 5.41) is 22.6. The fourth-order valence-corrected chi connectivity index (χ4v) is 1.63. The molecule has 0 saturated heterocycles. The number of hydrogen-bond acceptors (Lipinski definition) is 4. The highest BCUT2D eigenvalue weighted by Gasteiger charge is 2.18. The molecule has 0 fully saturated rings. The van der Waals surface area contributed by atoms with Crippen molar-refractivity contribution in [2.75, 3.05) is 26.3 Å². The second-order valence-electron chi connectivity index (χ2n) is 5.46. The molecule has 4 heteroatoms. The number of aliphatic hydroxyl groups excluding tert-OH is 1. The van der Waals surface area contributed by atoms with E-state index in [1.807, 2.05) is 13.8 Å². The molecule has 0 heterocycles. The highest BCUT2D eigenvalue weighted by molar-refractivity contribution is 4.75. The zero-order valence-corrected chi connectivity index (χ0v) is 11.7. The van der Waals surface area contributed by atoms with E-state index in [2.05, 4.69) is 19.2 Å². The first-order chi connectivity index (χ1) is 7.87. The smallest absolute Gasteiger partial charge is 0.0897 e. The van der Waals surface area contributed by atoms with Crippen molar-refractivity contribution in [3.8, 4) is 0 Å². The van der Waals surface area contributed by atoms with Crippen molar-refractivity contribution in [3.05, 3.63) is 0 Å². The summed E-state index contributed by atoms with van der Waals surface area (Å²) in [6.45, 7) is 9.99. The molecule has 0 aromatic carbocycles. The molecule has 0 radical (unpaired) electrons. The van der Waals surface area contributed by atoms with Gasteiger partial charge in [0.05, 0.1) is 18.3 Å². The maximum absolute atomic E-state index is 9.90. The number of hydrogen-bond donors (Lipinski definition) is 3.